The van der Waals surface area contributed by atoms with E-state index < -0.39 is 0 Å². The molecule has 0 spiro atoms. The van der Waals surface area contributed by atoms with Crippen LogP contribution < -0.4 is 5.32 Å². The monoisotopic (exact) mass is 353 g/mol. The highest BCUT2D eigenvalue weighted by molar-refractivity contribution is 9.10. The fourth-order valence-electron chi connectivity index (χ4n) is 1.97. The maximum Gasteiger partial charge on any atom is 0.0551 e. The second kappa shape index (κ2) is 7.67. The third kappa shape index (κ3) is 4.23. The molecule has 0 saturated heterocycles. The second-order valence-corrected chi connectivity index (χ2v) is 5.76. The zero-order valence-electron chi connectivity index (χ0n) is 11.3. The van der Waals surface area contributed by atoms with Gasteiger partial charge in [-0.3, -0.25) is 0 Å². The molecule has 0 heterocycles. The number of halogens is 2. The molecule has 0 fully saturated rings. The number of rotatable bonds is 6. The number of benzene rings is 2. The first-order valence-corrected chi connectivity index (χ1v) is 7.62. The van der Waals surface area contributed by atoms with Crippen molar-refractivity contribution in [3.05, 3.63) is 63.1 Å². The summed E-state index contributed by atoms with van der Waals surface area (Å²) in [7, 11) is 1.72. The number of hydrogen-bond acceptors (Lipinski definition) is 2. The quantitative estimate of drug-likeness (QED) is 0.796. The first kappa shape index (κ1) is 15.4. The normalized spacial score (nSPS) is 10.6. The summed E-state index contributed by atoms with van der Waals surface area (Å²) in [6, 6.07) is 14.3. The molecule has 0 aromatic heterocycles. The van der Waals surface area contributed by atoms with Crippen LogP contribution in [0.15, 0.2) is 46.9 Å². The molecule has 0 unspecified atom stereocenters. The van der Waals surface area contributed by atoms with Crippen molar-refractivity contribution in [1.29, 1.82) is 0 Å². The summed E-state index contributed by atoms with van der Waals surface area (Å²) < 4.78 is 6.06. The molecule has 2 nitrogen and oxygen atoms in total. The van der Waals surface area contributed by atoms with Crippen molar-refractivity contribution >= 4 is 33.2 Å². The Morgan fingerprint density at radius 3 is 2.75 bits per heavy atom. The Hall–Kier alpha value is -1.03. The Balaban J connectivity index is 2.04. The summed E-state index contributed by atoms with van der Waals surface area (Å²) in [5.74, 6) is 0. The van der Waals surface area contributed by atoms with E-state index in [9.17, 15) is 0 Å². The van der Waals surface area contributed by atoms with Gasteiger partial charge in [-0.15, -0.1) is 0 Å². The molecule has 0 amide bonds. The van der Waals surface area contributed by atoms with Gasteiger partial charge >= 0.3 is 0 Å². The van der Waals surface area contributed by atoms with E-state index in [1.165, 1.54) is 5.56 Å². The van der Waals surface area contributed by atoms with Crippen LogP contribution in [0.25, 0.3) is 0 Å². The van der Waals surface area contributed by atoms with Crippen molar-refractivity contribution < 1.29 is 4.74 Å². The predicted octanol–water partition coefficient (Wildman–Crippen LogP) is 4.90. The summed E-state index contributed by atoms with van der Waals surface area (Å²) in [5, 5.41) is 4.19. The molecule has 2 aromatic rings. The van der Waals surface area contributed by atoms with Crippen LogP contribution in [-0.2, 0) is 17.7 Å². The van der Waals surface area contributed by atoms with E-state index in [2.05, 4.69) is 39.4 Å². The number of hydrogen-bond donors (Lipinski definition) is 1. The lowest BCUT2D eigenvalue weighted by Crippen LogP contribution is -2.04. The van der Waals surface area contributed by atoms with Crippen molar-refractivity contribution in [3.63, 3.8) is 0 Å². The molecule has 2 rings (SSSR count). The van der Waals surface area contributed by atoms with Gasteiger partial charge in [0.2, 0.25) is 0 Å². The highest BCUT2D eigenvalue weighted by atomic mass is 79.9. The fourth-order valence-corrected chi connectivity index (χ4v) is 2.42. The maximum absolute atomic E-state index is 6.10. The Morgan fingerprint density at radius 1 is 1.20 bits per heavy atom. The Kier molecular flexibility index (Phi) is 5.89. The lowest BCUT2D eigenvalue weighted by Gasteiger charge is -2.12. The number of methoxy groups -OCH3 is 1. The molecule has 0 aliphatic rings. The van der Waals surface area contributed by atoms with Crippen molar-refractivity contribution in [2.45, 2.75) is 13.0 Å². The summed E-state index contributed by atoms with van der Waals surface area (Å²) >= 11 is 9.50. The van der Waals surface area contributed by atoms with Crippen LogP contribution in [0.4, 0.5) is 5.69 Å². The molecular weight excluding hydrogens is 338 g/mol. The van der Waals surface area contributed by atoms with Gasteiger partial charge in [-0.05, 0) is 51.7 Å². The van der Waals surface area contributed by atoms with Crippen LogP contribution in [0.2, 0.25) is 5.02 Å². The van der Waals surface area contributed by atoms with Crippen molar-refractivity contribution in [2.24, 2.45) is 0 Å². The number of ether oxygens (including phenoxy) is 1. The van der Waals surface area contributed by atoms with Crippen LogP contribution >= 0.6 is 27.5 Å². The van der Waals surface area contributed by atoms with E-state index in [-0.39, 0.29) is 0 Å². The van der Waals surface area contributed by atoms with Crippen LogP contribution in [0.1, 0.15) is 11.1 Å². The number of anilines is 1. The first-order valence-electron chi connectivity index (χ1n) is 6.45. The molecule has 106 valence electrons. The minimum absolute atomic E-state index is 0.725. The lowest BCUT2D eigenvalue weighted by molar-refractivity contribution is 0.202. The molecule has 0 radical (unpaired) electrons. The summed E-state index contributed by atoms with van der Waals surface area (Å²) in [4.78, 5) is 0. The highest BCUT2D eigenvalue weighted by Gasteiger charge is 2.03. The smallest absolute Gasteiger partial charge is 0.0551 e. The van der Waals surface area contributed by atoms with Gasteiger partial charge in [0.15, 0.2) is 0 Å². The molecule has 20 heavy (non-hydrogen) atoms. The SMILES string of the molecule is COCCc1ccccc1NCc1ccc(Br)c(Cl)c1. The van der Waals surface area contributed by atoms with E-state index in [0.717, 1.165) is 40.3 Å². The van der Waals surface area contributed by atoms with Crippen LogP contribution in [0.5, 0.6) is 0 Å². The van der Waals surface area contributed by atoms with Crippen molar-refractivity contribution in [3.8, 4) is 0 Å². The summed E-state index contributed by atoms with van der Waals surface area (Å²) in [5.41, 5.74) is 3.56. The van der Waals surface area contributed by atoms with Gasteiger partial charge in [0.25, 0.3) is 0 Å². The third-order valence-electron chi connectivity index (χ3n) is 3.06. The number of nitrogens with one attached hydrogen (secondary N) is 1. The predicted molar refractivity (Wildman–Crippen MR) is 88.5 cm³/mol. The number of para-hydroxylation sites is 1. The zero-order valence-corrected chi connectivity index (χ0v) is 13.7. The van der Waals surface area contributed by atoms with Crippen molar-refractivity contribution in [2.75, 3.05) is 19.0 Å². The molecule has 0 aliphatic carbocycles. The molecule has 0 bridgehead atoms. The van der Waals surface area contributed by atoms with Crippen LogP contribution in [0, 0.1) is 0 Å². The average Bonchev–Trinajstić information content (AvgIpc) is 2.47. The van der Waals surface area contributed by atoms with E-state index in [4.69, 9.17) is 16.3 Å². The van der Waals surface area contributed by atoms with Gasteiger partial charge < -0.3 is 10.1 Å². The van der Waals surface area contributed by atoms with Gasteiger partial charge in [0.05, 0.1) is 11.6 Å². The van der Waals surface area contributed by atoms with Gasteiger partial charge in [-0.25, -0.2) is 0 Å². The minimum Gasteiger partial charge on any atom is -0.384 e. The Labute approximate surface area is 133 Å². The summed E-state index contributed by atoms with van der Waals surface area (Å²) in [6.07, 6.45) is 0.904. The van der Waals surface area contributed by atoms with Gasteiger partial charge in [-0.1, -0.05) is 35.9 Å². The zero-order chi connectivity index (χ0) is 14.4. The molecule has 0 aliphatic heterocycles. The van der Waals surface area contributed by atoms with Crippen LogP contribution in [0.3, 0.4) is 0 Å². The van der Waals surface area contributed by atoms with Gasteiger partial charge in [0, 0.05) is 23.8 Å². The van der Waals surface area contributed by atoms with Crippen LogP contribution in [-0.4, -0.2) is 13.7 Å². The minimum atomic E-state index is 0.725. The van der Waals surface area contributed by atoms with E-state index >= 15 is 0 Å². The largest absolute Gasteiger partial charge is 0.384 e. The maximum atomic E-state index is 6.10. The van der Waals surface area contributed by atoms with E-state index in [1.807, 2.05) is 24.3 Å². The summed E-state index contributed by atoms with van der Waals surface area (Å²) in [6.45, 7) is 1.47. The first-order chi connectivity index (χ1) is 9.70. The third-order valence-corrected chi connectivity index (χ3v) is 4.29. The highest BCUT2D eigenvalue weighted by Crippen LogP contribution is 2.24. The molecule has 4 heteroatoms. The van der Waals surface area contributed by atoms with Gasteiger partial charge in [0.1, 0.15) is 0 Å². The fraction of sp³-hybridized carbons (Fsp3) is 0.250. The molecule has 1 N–H and O–H groups in total. The Bertz CT molecular complexity index is 574. The molecular formula is C16H17BrClNO. The molecule has 2 aromatic carbocycles. The average molecular weight is 355 g/mol. The lowest BCUT2D eigenvalue weighted by atomic mass is 10.1. The van der Waals surface area contributed by atoms with Gasteiger partial charge in [-0.2, -0.15) is 0 Å². The van der Waals surface area contributed by atoms with E-state index in [1.54, 1.807) is 7.11 Å². The van der Waals surface area contributed by atoms with Crippen molar-refractivity contribution in [1.82, 2.24) is 0 Å². The topological polar surface area (TPSA) is 21.3 Å². The standard InChI is InChI=1S/C16H17BrClNO/c1-20-9-8-13-4-2-3-5-16(13)19-11-12-6-7-14(17)15(18)10-12/h2-7,10,19H,8-9,11H2,1H3. The molecule has 0 saturated carbocycles. The second-order valence-electron chi connectivity index (χ2n) is 4.50. The molecule has 0 atom stereocenters. The van der Waals surface area contributed by atoms with E-state index in [0.29, 0.717) is 0 Å². The Morgan fingerprint density at radius 2 is 2.00 bits per heavy atom.